The predicted octanol–water partition coefficient (Wildman–Crippen LogP) is 3.49. The fourth-order valence-corrected chi connectivity index (χ4v) is 3.97. The lowest BCUT2D eigenvalue weighted by Gasteiger charge is -2.16. The minimum atomic E-state index is -3.98. The lowest BCUT2D eigenvalue weighted by molar-refractivity contribution is 0.309. The number of halogens is 1. The molecule has 1 atom stereocenters. The molecule has 0 spiro atoms. The average molecular weight is 498 g/mol. The molecular weight excluding hydrogens is 478 g/mol. The molecule has 0 amide bonds. The lowest BCUT2D eigenvalue weighted by atomic mass is 10.3. The van der Waals surface area contributed by atoms with Crippen molar-refractivity contribution in [2.45, 2.75) is 4.90 Å². The number of ether oxygens (including phenoxy) is 3. The highest BCUT2D eigenvalue weighted by molar-refractivity contribution is 7.92. The summed E-state index contributed by atoms with van der Waals surface area (Å²) < 4.78 is 56.1. The summed E-state index contributed by atoms with van der Waals surface area (Å²) in [4.78, 5) is 8.10. The second-order valence-corrected chi connectivity index (χ2v) is 9.94. The van der Waals surface area contributed by atoms with Crippen LogP contribution in [0.25, 0.3) is 0 Å². The Labute approximate surface area is 193 Å². The molecule has 170 valence electrons. The molecule has 0 fully saturated rings. The summed E-state index contributed by atoms with van der Waals surface area (Å²) in [6.07, 6.45) is 2.66. The van der Waals surface area contributed by atoms with Crippen LogP contribution >= 0.6 is 11.6 Å². The minimum Gasteiger partial charge on any atom is -0.497 e. The van der Waals surface area contributed by atoms with Gasteiger partial charge in [-0.1, -0.05) is 29.8 Å². The van der Waals surface area contributed by atoms with Gasteiger partial charge < -0.3 is 14.2 Å². The lowest BCUT2D eigenvalue weighted by Crippen LogP contribution is -2.16. The number of hydrogen-bond donors (Lipinski definition) is 1. The van der Waals surface area contributed by atoms with Gasteiger partial charge >= 0.3 is 0 Å². The van der Waals surface area contributed by atoms with Crippen molar-refractivity contribution >= 4 is 38.2 Å². The Bertz CT molecular complexity index is 1210. The van der Waals surface area contributed by atoms with Crippen LogP contribution in [0.5, 0.6) is 23.1 Å². The van der Waals surface area contributed by atoms with Gasteiger partial charge in [-0.3, -0.25) is 8.93 Å². The van der Waals surface area contributed by atoms with Crippen LogP contribution in [0.3, 0.4) is 0 Å². The normalized spacial score (nSPS) is 12.1. The summed E-state index contributed by atoms with van der Waals surface area (Å²) >= 11 is 6.24. The molecule has 0 saturated heterocycles. The van der Waals surface area contributed by atoms with Crippen molar-refractivity contribution in [2.75, 3.05) is 30.4 Å². The first-order valence-corrected chi connectivity index (χ1v) is 12.8. The second kappa shape index (κ2) is 10.6. The quantitative estimate of drug-likeness (QED) is 0.452. The molecule has 3 aromatic rings. The fraction of sp³-hybridized carbons (Fsp3) is 0.200. The minimum absolute atomic E-state index is 0.0350. The number of aromatic nitrogens is 2. The van der Waals surface area contributed by atoms with E-state index in [-0.39, 0.29) is 45.5 Å². The van der Waals surface area contributed by atoms with Crippen LogP contribution in [0.2, 0.25) is 5.02 Å². The third kappa shape index (κ3) is 6.09. The zero-order chi connectivity index (χ0) is 23.1. The Balaban J connectivity index is 2.02. The van der Waals surface area contributed by atoms with E-state index in [2.05, 4.69) is 14.7 Å². The van der Waals surface area contributed by atoms with Crippen molar-refractivity contribution in [2.24, 2.45) is 0 Å². The van der Waals surface area contributed by atoms with Gasteiger partial charge in [-0.2, -0.15) is 4.98 Å². The summed E-state index contributed by atoms with van der Waals surface area (Å²) in [6, 6.07) is 12.5. The van der Waals surface area contributed by atoms with Gasteiger partial charge in [0, 0.05) is 23.1 Å². The molecule has 0 aliphatic rings. The van der Waals surface area contributed by atoms with Gasteiger partial charge in [-0.15, -0.1) is 0 Å². The van der Waals surface area contributed by atoms with E-state index >= 15 is 0 Å². The van der Waals surface area contributed by atoms with E-state index in [1.165, 1.54) is 31.6 Å². The topological polar surface area (TPSA) is 117 Å². The molecule has 9 nitrogen and oxygen atoms in total. The van der Waals surface area contributed by atoms with Crippen LogP contribution in [0, 0.1) is 0 Å². The van der Waals surface area contributed by atoms with Gasteiger partial charge in [0.25, 0.3) is 15.9 Å². The van der Waals surface area contributed by atoms with E-state index < -0.39 is 20.8 Å². The summed E-state index contributed by atoms with van der Waals surface area (Å²) in [7, 11) is -3.60. The number of rotatable bonds is 10. The van der Waals surface area contributed by atoms with Gasteiger partial charge in [-0.25, -0.2) is 13.4 Å². The van der Waals surface area contributed by atoms with Gasteiger partial charge in [0.1, 0.15) is 24.4 Å². The molecule has 1 unspecified atom stereocenters. The van der Waals surface area contributed by atoms with Crippen LogP contribution in [-0.4, -0.2) is 48.3 Å². The fourth-order valence-electron chi connectivity index (χ4n) is 2.47. The van der Waals surface area contributed by atoms with E-state index in [1.807, 2.05) is 0 Å². The maximum Gasteiger partial charge on any atom is 0.263 e. The Hall–Kier alpha value is -2.89. The van der Waals surface area contributed by atoms with Gasteiger partial charge in [0.05, 0.1) is 22.8 Å². The molecule has 0 aliphatic carbocycles. The van der Waals surface area contributed by atoms with Crippen LogP contribution in [0.15, 0.2) is 59.8 Å². The summed E-state index contributed by atoms with van der Waals surface area (Å²) in [5.74, 6) is 0.574. The number of sulfonamides is 1. The molecule has 32 heavy (non-hydrogen) atoms. The molecule has 1 heterocycles. The molecule has 0 radical (unpaired) electrons. The van der Waals surface area contributed by atoms with E-state index in [0.717, 1.165) is 6.33 Å². The smallest absolute Gasteiger partial charge is 0.263 e. The summed E-state index contributed by atoms with van der Waals surface area (Å²) in [5, 5.41) is 0.243. The van der Waals surface area contributed by atoms with Crippen LogP contribution in [0.1, 0.15) is 0 Å². The maximum absolute atomic E-state index is 12.8. The molecule has 3 rings (SSSR count). The largest absolute Gasteiger partial charge is 0.497 e. The van der Waals surface area contributed by atoms with Gasteiger partial charge in [0.15, 0.2) is 5.82 Å². The van der Waals surface area contributed by atoms with Gasteiger partial charge in [0.2, 0.25) is 5.75 Å². The van der Waals surface area contributed by atoms with E-state index in [1.54, 1.807) is 30.3 Å². The van der Waals surface area contributed by atoms with Crippen molar-refractivity contribution in [3.8, 4) is 23.1 Å². The first-order chi connectivity index (χ1) is 15.3. The molecule has 0 aliphatic heterocycles. The maximum atomic E-state index is 12.8. The molecule has 1 N–H and O–H groups in total. The predicted molar refractivity (Wildman–Crippen MR) is 122 cm³/mol. The highest BCUT2D eigenvalue weighted by Gasteiger charge is 2.23. The number of methoxy groups -OCH3 is 1. The van der Waals surface area contributed by atoms with Crippen molar-refractivity contribution in [1.82, 2.24) is 9.97 Å². The van der Waals surface area contributed by atoms with E-state index in [4.69, 9.17) is 25.8 Å². The van der Waals surface area contributed by atoms with Crippen LogP contribution < -0.4 is 18.9 Å². The van der Waals surface area contributed by atoms with Crippen molar-refractivity contribution in [3.05, 3.63) is 59.9 Å². The molecule has 1 aromatic heterocycles. The second-order valence-electron chi connectivity index (χ2n) is 6.30. The summed E-state index contributed by atoms with van der Waals surface area (Å²) in [5.41, 5.74) is 0. The number of hydrogen-bond acceptors (Lipinski definition) is 8. The SMILES string of the molecule is COc1ccc(Cl)c(Oc2c(NS(=O)(=O)c3ccccc3)ncnc2OCCS(C)=O)c1. The molecular formula is C20H20ClN3O6S2. The standard InChI is InChI=1S/C20H20ClN3O6S2/c1-28-14-8-9-16(21)17(12-14)30-18-19(22-13-23-20(18)29-10-11-31(2)25)24-32(26,27)15-6-4-3-5-7-15/h3-9,12-13H,10-11H2,1-2H3,(H,22,23,24). The summed E-state index contributed by atoms with van der Waals surface area (Å²) in [6.45, 7) is 0.0627. The first kappa shape index (κ1) is 23.8. The molecule has 12 heteroatoms. The van der Waals surface area contributed by atoms with Crippen LogP contribution in [0.4, 0.5) is 5.82 Å². The third-order valence-electron chi connectivity index (χ3n) is 4.02. The van der Waals surface area contributed by atoms with Crippen LogP contribution in [-0.2, 0) is 20.8 Å². The molecule has 0 bridgehead atoms. The van der Waals surface area contributed by atoms with Crippen molar-refractivity contribution in [3.63, 3.8) is 0 Å². The zero-order valence-electron chi connectivity index (χ0n) is 17.1. The Morgan fingerprint density at radius 3 is 2.56 bits per heavy atom. The first-order valence-electron chi connectivity index (χ1n) is 9.17. The highest BCUT2D eigenvalue weighted by atomic mass is 35.5. The third-order valence-corrected chi connectivity index (χ3v) is 6.42. The Morgan fingerprint density at radius 2 is 1.88 bits per heavy atom. The number of benzene rings is 2. The zero-order valence-corrected chi connectivity index (χ0v) is 19.5. The van der Waals surface area contributed by atoms with E-state index in [0.29, 0.717) is 5.75 Å². The number of nitrogens with zero attached hydrogens (tertiary/aromatic N) is 2. The number of nitrogens with one attached hydrogen (secondary N) is 1. The van der Waals surface area contributed by atoms with E-state index in [9.17, 15) is 12.6 Å². The average Bonchev–Trinajstić information content (AvgIpc) is 2.77. The van der Waals surface area contributed by atoms with Gasteiger partial charge in [-0.05, 0) is 24.3 Å². The van der Waals surface area contributed by atoms with Crippen molar-refractivity contribution < 1.29 is 26.8 Å². The monoisotopic (exact) mass is 497 g/mol. The molecule has 0 saturated carbocycles. The molecule has 2 aromatic carbocycles. The number of anilines is 1. The van der Waals surface area contributed by atoms with Crippen molar-refractivity contribution in [1.29, 1.82) is 0 Å². The highest BCUT2D eigenvalue weighted by Crippen LogP contribution is 2.40. The Kier molecular flexibility index (Phi) is 7.89. The Morgan fingerprint density at radius 1 is 1.12 bits per heavy atom.